The van der Waals surface area contributed by atoms with Crippen LogP contribution in [0, 0.1) is 0 Å². The van der Waals surface area contributed by atoms with Gasteiger partial charge in [0, 0.05) is 18.0 Å². The molecule has 0 fully saturated rings. The predicted octanol–water partition coefficient (Wildman–Crippen LogP) is 3.22. The molecule has 7 heteroatoms. The molecule has 0 unspecified atom stereocenters. The monoisotopic (exact) mass is 271 g/mol. The van der Waals surface area contributed by atoms with Gasteiger partial charge in [-0.15, -0.1) is 0 Å². The molecule has 1 heterocycles. The molecule has 0 saturated heterocycles. The van der Waals surface area contributed by atoms with Crippen LogP contribution < -0.4 is 5.32 Å². The van der Waals surface area contributed by atoms with Crippen LogP contribution in [0.25, 0.3) is 0 Å². The molecule has 2 rings (SSSR count). The van der Waals surface area contributed by atoms with Gasteiger partial charge in [-0.05, 0) is 12.1 Å². The van der Waals surface area contributed by atoms with Gasteiger partial charge in [-0.1, -0.05) is 24.4 Å². The number of rotatable bonds is 2. The Labute approximate surface area is 106 Å². The van der Waals surface area contributed by atoms with Gasteiger partial charge >= 0.3 is 6.18 Å². The Balaban J connectivity index is 2.12. The highest BCUT2D eigenvalue weighted by Gasteiger charge is 2.30. The van der Waals surface area contributed by atoms with Crippen LogP contribution in [0.3, 0.4) is 0 Å². The molecule has 0 amide bonds. The number of H-pyrrole nitrogens is 1. The first-order chi connectivity index (χ1) is 8.47. The molecule has 1 aromatic carbocycles. The van der Waals surface area contributed by atoms with E-state index in [0.29, 0.717) is 16.5 Å². The number of thiocarbonyl (C=S) groups is 1. The second-order valence-electron chi connectivity index (χ2n) is 3.47. The van der Waals surface area contributed by atoms with Crippen molar-refractivity contribution in [3.63, 3.8) is 0 Å². The number of aromatic amines is 1. The summed E-state index contributed by atoms with van der Waals surface area (Å²) >= 11 is 5.05. The highest BCUT2D eigenvalue weighted by Crippen LogP contribution is 2.29. The molecule has 94 valence electrons. The number of halogens is 3. The Bertz CT molecular complexity index is 532. The summed E-state index contributed by atoms with van der Waals surface area (Å²) in [5.74, 6) is 0.444. The number of imidazole rings is 1. The van der Waals surface area contributed by atoms with E-state index in [9.17, 15) is 13.2 Å². The smallest absolute Gasteiger partial charge is 0.331 e. The fourth-order valence-corrected chi connectivity index (χ4v) is 1.56. The maximum absolute atomic E-state index is 12.4. The highest BCUT2D eigenvalue weighted by molar-refractivity contribution is 7.81. The van der Waals surface area contributed by atoms with Crippen LogP contribution in [0.1, 0.15) is 11.1 Å². The van der Waals surface area contributed by atoms with Crippen LogP contribution in [-0.2, 0) is 6.18 Å². The number of anilines is 1. The number of nitrogens with zero attached hydrogens (tertiary/aromatic N) is 1. The topological polar surface area (TPSA) is 40.7 Å². The van der Waals surface area contributed by atoms with Crippen molar-refractivity contribution >= 4 is 23.2 Å². The largest absolute Gasteiger partial charge is 0.416 e. The first kappa shape index (κ1) is 12.6. The fourth-order valence-electron chi connectivity index (χ4n) is 1.32. The SMILES string of the molecule is FC(F)(F)c1ccc(C(=S)Nc2ncc[nH]2)cc1. The van der Waals surface area contributed by atoms with Crippen molar-refractivity contribution in [3.05, 3.63) is 47.8 Å². The Morgan fingerprint density at radius 3 is 2.39 bits per heavy atom. The van der Waals surface area contributed by atoms with Gasteiger partial charge in [-0.2, -0.15) is 13.2 Å². The Kier molecular flexibility index (Phi) is 3.33. The zero-order valence-corrected chi connectivity index (χ0v) is 9.77. The summed E-state index contributed by atoms with van der Waals surface area (Å²) in [5.41, 5.74) is -0.207. The van der Waals surface area contributed by atoms with Gasteiger partial charge in [0.05, 0.1) is 5.56 Å². The summed E-state index contributed by atoms with van der Waals surface area (Å²) in [4.78, 5) is 6.99. The zero-order valence-electron chi connectivity index (χ0n) is 8.95. The quantitative estimate of drug-likeness (QED) is 0.824. The second-order valence-corrected chi connectivity index (χ2v) is 3.88. The number of aromatic nitrogens is 2. The summed E-state index contributed by atoms with van der Waals surface area (Å²) in [6.07, 6.45) is -1.19. The van der Waals surface area contributed by atoms with Gasteiger partial charge in [-0.25, -0.2) is 4.98 Å². The molecule has 2 N–H and O–H groups in total. The van der Waals surface area contributed by atoms with Gasteiger partial charge in [0.25, 0.3) is 0 Å². The number of hydrogen-bond acceptors (Lipinski definition) is 2. The predicted molar refractivity (Wildman–Crippen MR) is 65.4 cm³/mol. The first-order valence-electron chi connectivity index (χ1n) is 4.95. The molecule has 0 spiro atoms. The van der Waals surface area contributed by atoms with Crippen LogP contribution >= 0.6 is 12.2 Å². The minimum atomic E-state index is -4.34. The van der Waals surface area contributed by atoms with Crippen LogP contribution in [0.4, 0.5) is 19.1 Å². The van der Waals surface area contributed by atoms with Crippen LogP contribution in [0.5, 0.6) is 0 Å². The van der Waals surface area contributed by atoms with Crippen molar-refractivity contribution in [2.75, 3.05) is 5.32 Å². The molecule has 0 radical (unpaired) electrons. The zero-order chi connectivity index (χ0) is 13.2. The maximum atomic E-state index is 12.4. The van der Waals surface area contributed by atoms with E-state index in [1.807, 2.05) is 0 Å². The summed E-state index contributed by atoms with van der Waals surface area (Å²) in [7, 11) is 0. The van der Waals surface area contributed by atoms with Gasteiger partial charge < -0.3 is 10.3 Å². The maximum Gasteiger partial charge on any atom is 0.416 e. The average Bonchev–Trinajstić information content (AvgIpc) is 2.81. The van der Waals surface area contributed by atoms with E-state index in [-0.39, 0.29) is 0 Å². The van der Waals surface area contributed by atoms with E-state index in [2.05, 4.69) is 15.3 Å². The van der Waals surface area contributed by atoms with E-state index in [1.54, 1.807) is 6.20 Å². The number of hydrogen-bond donors (Lipinski definition) is 2. The molecule has 2 aromatic rings. The summed E-state index contributed by atoms with van der Waals surface area (Å²) in [6, 6.07) is 4.62. The van der Waals surface area contributed by atoms with E-state index >= 15 is 0 Å². The summed E-state index contributed by atoms with van der Waals surface area (Å²) in [6.45, 7) is 0. The summed E-state index contributed by atoms with van der Waals surface area (Å²) in [5, 5.41) is 2.78. The van der Waals surface area contributed by atoms with Crippen molar-refractivity contribution in [3.8, 4) is 0 Å². The van der Waals surface area contributed by atoms with Crippen LogP contribution in [-0.4, -0.2) is 15.0 Å². The van der Waals surface area contributed by atoms with E-state index < -0.39 is 11.7 Å². The lowest BCUT2D eigenvalue weighted by atomic mass is 10.1. The van der Waals surface area contributed by atoms with E-state index in [1.165, 1.54) is 18.3 Å². The second kappa shape index (κ2) is 4.77. The number of alkyl halides is 3. The number of nitrogens with one attached hydrogen (secondary N) is 2. The molecule has 0 saturated carbocycles. The molecule has 1 aromatic heterocycles. The third-order valence-corrected chi connectivity index (χ3v) is 2.54. The van der Waals surface area contributed by atoms with Crippen LogP contribution in [0.15, 0.2) is 36.7 Å². The van der Waals surface area contributed by atoms with Gasteiger partial charge in [0.2, 0.25) is 5.95 Å². The molecular formula is C11H8F3N3S. The van der Waals surface area contributed by atoms with Gasteiger partial charge in [0.1, 0.15) is 4.99 Å². The molecule has 0 aliphatic rings. The first-order valence-corrected chi connectivity index (χ1v) is 5.35. The Morgan fingerprint density at radius 2 is 1.89 bits per heavy atom. The third kappa shape index (κ3) is 2.86. The van der Waals surface area contributed by atoms with Crippen molar-refractivity contribution in [1.29, 1.82) is 0 Å². The molecule has 0 aliphatic heterocycles. The van der Waals surface area contributed by atoms with Crippen molar-refractivity contribution in [2.24, 2.45) is 0 Å². The summed E-state index contributed by atoms with van der Waals surface area (Å²) < 4.78 is 37.1. The fraction of sp³-hybridized carbons (Fsp3) is 0.0909. The minimum Gasteiger partial charge on any atom is -0.331 e. The van der Waals surface area contributed by atoms with Crippen molar-refractivity contribution < 1.29 is 13.2 Å². The van der Waals surface area contributed by atoms with E-state index in [0.717, 1.165) is 12.1 Å². The van der Waals surface area contributed by atoms with Crippen molar-refractivity contribution in [1.82, 2.24) is 9.97 Å². The third-order valence-electron chi connectivity index (χ3n) is 2.20. The minimum absolute atomic E-state index is 0.304. The average molecular weight is 271 g/mol. The van der Waals surface area contributed by atoms with Crippen LogP contribution in [0.2, 0.25) is 0 Å². The Hall–Kier alpha value is -1.89. The highest BCUT2D eigenvalue weighted by atomic mass is 32.1. The van der Waals surface area contributed by atoms with E-state index in [4.69, 9.17) is 12.2 Å². The van der Waals surface area contributed by atoms with Gasteiger partial charge in [-0.3, -0.25) is 0 Å². The molecular weight excluding hydrogens is 263 g/mol. The lowest BCUT2D eigenvalue weighted by Gasteiger charge is -2.08. The molecule has 0 bridgehead atoms. The molecule has 0 aliphatic carbocycles. The number of benzene rings is 1. The standard InChI is InChI=1S/C11H8F3N3S/c12-11(13,14)8-3-1-7(2-4-8)9(18)17-10-15-5-6-16-10/h1-6H,(H2,15,16,17,18). The molecule has 3 nitrogen and oxygen atoms in total. The normalized spacial score (nSPS) is 11.3. The lowest BCUT2D eigenvalue weighted by molar-refractivity contribution is -0.137. The Morgan fingerprint density at radius 1 is 1.22 bits per heavy atom. The molecule has 0 atom stereocenters. The van der Waals surface area contributed by atoms with Gasteiger partial charge in [0.15, 0.2) is 0 Å². The molecule has 18 heavy (non-hydrogen) atoms. The van der Waals surface area contributed by atoms with Crippen molar-refractivity contribution in [2.45, 2.75) is 6.18 Å². The lowest BCUT2D eigenvalue weighted by Crippen LogP contribution is -2.12.